The maximum atomic E-state index is 13.1. The van der Waals surface area contributed by atoms with E-state index in [4.69, 9.17) is 0 Å². The van der Waals surface area contributed by atoms with E-state index in [1.807, 2.05) is 49.3 Å². The van der Waals surface area contributed by atoms with Crippen LogP contribution in [-0.2, 0) is 14.8 Å². The molecule has 0 bridgehead atoms. The highest BCUT2D eigenvalue weighted by atomic mass is 32.2. The summed E-state index contributed by atoms with van der Waals surface area (Å²) in [6.07, 6.45) is 0. The van der Waals surface area contributed by atoms with Crippen LogP contribution >= 0.6 is 0 Å². The quantitative estimate of drug-likeness (QED) is 0.318. The van der Waals surface area contributed by atoms with Crippen LogP contribution in [0.5, 0.6) is 0 Å². The number of carbonyl (C=O) groups is 2. The molecule has 4 rings (SSSR count). The molecule has 1 aliphatic rings. The molecule has 0 saturated heterocycles. The largest absolute Gasteiger partial charge is 0.478 e. The van der Waals surface area contributed by atoms with E-state index in [0.717, 1.165) is 5.56 Å². The fourth-order valence-corrected chi connectivity index (χ4v) is 5.06. The summed E-state index contributed by atoms with van der Waals surface area (Å²) in [5, 5.41) is 15.5. The van der Waals surface area contributed by atoms with Gasteiger partial charge in [-0.1, -0.05) is 30.3 Å². The molecular formula is C27H28N4O5S. The first-order valence-electron chi connectivity index (χ1n) is 11.6. The Balaban J connectivity index is 1.72. The number of benzene rings is 3. The third-order valence-electron chi connectivity index (χ3n) is 5.94. The van der Waals surface area contributed by atoms with Crippen molar-refractivity contribution >= 4 is 44.5 Å². The molecule has 0 atom stereocenters. The van der Waals surface area contributed by atoms with Gasteiger partial charge >= 0.3 is 5.97 Å². The number of hydrogen-bond acceptors (Lipinski definition) is 6. The number of nitrogens with zero attached hydrogens (tertiary/aromatic N) is 1. The Morgan fingerprint density at radius 3 is 2.32 bits per heavy atom. The van der Waals surface area contributed by atoms with Crippen LogP contribution in [-0.4, -0.2) is 57.5 Å². The summed E-state index contributed by atoms with van der Waals surface area (Å²) >= 11 is 0. The van der Waals surface area contributed by atoms with Crippen LogP contribution in [0.25, 0.3) is 11.3 Å². The fourth-order valence-electron chi connectivity index (χ4n) is 4.04. The van der Waals surface area contributed by atoms with Gasteiger partial charge in [-0.15, -0.1) is 0 Å². The van der Waals surface area contributed by atoms with E-state index in [-0.39, 0.29) is 22.9 Å². The summed E-state index contributed by atoms with van der Waals surface area (Å²) in [7, 11) is 0.0660. The molecule has 0 unspecified atom stereocenters. The van der Waals surface area contributed by atoms with Crippen molar-refractivity contribution in [2.45, 2.75) is 11.8 Å². The first-order chi connectivity index (χ1) is 17.6. The minimum absolute atomic E-state index is 0.116. The number of hydrogen-bond donors (Lipinski definition) is 4. The Kier molecular flexibility index (Phi) is 7.44. The molecule has 192 valence electrons. The predicted molar refractivity (Wildman–Crippen MR) is 144 cm³/mol. The van der Waals surface area contributed by atoms with E-state index in [2.05, 4.69) is 15.4 Å². The molecule has 10 heteroatoms. The van der Waals surface area contributed by atoms with Gasteiger partial charge in [-0.05, 0) is 68.5 Å². The smallest absolute Gasteiger partial charge is 0.336 e. The number of aryl methyl sites for hydroxylation is 1. The van der Waals surface area contributed by atoms with Crippen LogP contribution in [0.15, 0.2) is 71.6 Å². The molecule has 3 aromatic rings. The van der Waals surface area contributed by atoms with Gasteiger partial charge in [-0.25, -0.2) is 17.9 Å². The summed E-state index contributed by atoms with van der Waals surface area (Å²) in [5.41, 5.74) is 3.85. The van der Waals surface area contributed by atoms with Gasteiger partial charge in [0.05, 0.1) is 27.4 Å². The van der Waals surface area contributed by atoms with E-state index < -0.39 is 16.0 Å². The second-order valence-corrected chi connectivity index (χ2v) is 10.7. The van der Waals surface area contributed by atoms with Crippen LogP contribution in [0.4, 0.5) is 11.4 Å². The minimum Gasteiger partial charge on any atom is -0.478 e. The molecule has 0 aliphatic carbocycles. The highest BCUT2D eigenvalue weighted by molar-refractivity contribution is 7.89. The van der Waals surface area contributed by atoms with Crippen molar-refractivity contribution in [3.8, 4) is 0 Å². The summed E-state index contributed by atoms with van der Waals surface area (Å²) < 4.78 is 27.8. The summed E-state index contributed by atoms with van der Waals surface area (Å²) in [6, 6.07) is 18.7. The third-order valence-corrected chi connectivity index (χ3v) is 7.41. The molecule has 1 amide bonds. The van der Waals surface area contributed by atoms with Gasteiger partial charge in [0.2, 0.25) is 10.0 Å². The van der Waals surface area contributed by atoms with E-state index in [1.54, 1.807) is 25.1 Å². The lowest BCUT2D eigenvalue weighted by atomic mass is 9.96. The Morgan fingerprint density at radius 1 is 1.03 bits per heavy atom. The number of rotatable bonds is 9. The van der Waals surface area contributed by atoms with Gasteiger partial charge in [0.25, 0.3) is 5.91 Å². The lowest BCUT2D eigenvalue weighted by Gasteiger charge is -2.16. The summed E-state index contributed by atoms with van der Waals surface area (Å²) in [5.74, 6) is -1.44. The average molecular weight is 521 g/mol. The topological polar surface area (TPSA) is 128 Å². The van der Waals surface area contributed by atoms with Crippen molar-refractivity contribution in [2.24, 2.45) is 0 Å². The van der Waals surface area contributed by atoms with Crippen LogP contribution < -0.4 is 15.4 Å². The zero-order valence-corrected chi connectivity index (χ0v) is 21.5. The first-order valence-corrected chi connectivity index (χ1v) is 13.1. The van der Waals surface area contributed by atoms with Crippen LogP contribution in [0, 0.1) is 6.92 Å². The second-order valence-electron chi connectivity index (χ2n) is 8.94. The Hall–Kier alpha value is -3.99. The number of amides is 1. The van der Waals surface area contributed by atoms with Crippen molar-refractivity contribution in [1.29, 1.82) is 0 Å². The SMILES string of the molecule is Cc1cc2c(cc1C(=O)O)NC(=O)/C2=C(/Nc1ccc(S(=O)(=O)NCCN(C)C)cc1)c1ccccc1. The zero-order valence-electron chi connectivity index (χ0n) is 20.7. The number of carboxylic acids is 1. The standard InChI is InChI=1S/C27H28N4O5S/c1-17-15-22-23(16-21(17)27(33)34)30-26(32)24(22)25(18-7-5-4-6-8-18)29-19-9-11-20(12-10-19)37(35,36)28-13-14-31(2)3/h4-12,15-16,28-29H,13-14H2,1-3H3,(H,30,32)(H,33,34)/b25-24+. The number of fused-ring (bicyclic) bond motifs is 1. The fraction of sp³-hybridized carbons (Fsp3) is 0.185. The summed E-state index contributed by atoms with van der Waals surface area (Å²) in [4.78, 5) is 26.7. The molecular weight excluding hydrogens is 492 g/mol. The van der Waals surface area contributed by atoms with Crippen molar-refractivity contribution in [3.63, 3.8) is 0 Å². The monoisotopic (exact) mass is 520 g/mol. The van der Waals surface area contributed by atoms with Gasteiger partial charge in [-0.2, -0.15) is 0 Å². The highest BCUT2D eigenvalue weighted by Crippen LogP contribution is 2.39. The van der Waals surface area contributed by atoms with E-state index in [1.165, 1.54) is 18.2 Å². The van der Waals surface area contributed by atoms with Crippen molar-refractivity contribution < 1.29 is 23.1 Å². The molecule has 1 heterocycles. The number of anilines is 2. The Bertz CT molecular complexity index is 1480. The summed E-state index contributed by atoms with van der Waals surface area (Å²) in [6.45, 7) is 2.55. The number of sulfonamides is 1. The average Bonchev–Trinajstić information content (AvgIpc) is 3.16. The second kappa shape index (κ2) is 10.6. The predicted octanol–water partition coefficient (Wildman–Crippen LogP) is 3.47. The van der Waals surface area contributed by atoms with E-state index in [0.29, 0.717) is 40.3 Å². The molecule has 0 fully saturated rings. The molecule has 4 N–H and O–H groups in total. The van der Waals surface area contributed by atoms with Crippen LogP contribution in [0.2, 0.25) is 0 Å². The lowest BCUT2D eigenvalue weighted by molar-refractivity contribution is -0.110. The lowest BCUT2D eigenvalue weighted by Crippen LogP contribution is -2.31. The number of carbonyl (C=O) groups excluding carboxylic acids is 1. The number of aromatic carboxylic acids is 1. The van der Waals surface area contributed by atoms with Crippen molar-refractivity contribution in [1.82, 2.24) is 9.62 Å². The maximum Gasteiger partial charge on any atom is 0.336 e. The van der Waals surface area contributed by atoms with Gasteiger partial charge < -0.3 is 20.6 Å². The number of likely N-dealkylation sites (N-methyl/N-ethyl adjacent to an activating group) is 1. The number of nitrogens with one attached hydrogen (secondary N) is 3. The molecule has 3 aromatic carbocycles. The molecule has 9 nitrogen and oxygen atoms in total. The Morgan fingerprint density at radius 2 is 1.70 bits per heavy atom. The zero-order chi connectivity index (χ0) is 26.7. The maximum absolute atomic E-state index is 13.1. The molecule has 1 aliphatic heterocycles. The highest BCUT2D eigenvalue weighted by Gasteiger charge is 2.30. The van der Waals surface area contributed by atoms with Crippen LogP contribution in [0.3, 0.4) is 0 Å². The molecule has 37 heavy (non-hydrogen) atoms. The Labute approximate surface area is 215 Å². The van der Waals surface area contributed by atoms with E-state index in [9.17, 15) is 23.1 Å². The molecule has 0 spiro atoms. The third kappa shape index (κ3) is 5.72. The molecule has 0 radical (unpaired) electrons. The van der Waals surface area contributed by atoms with Gasteiger partial charge in [0.15, 0.2) is 0 Å². The molecule has 0 saturated carbocycles. The number of carboxylic acid groups (broad SMARTS) is 1. The van der Waals surface area contributed by atoms with Crippen LogP contribution in [0.1, 0.15) is 27.0 Å². The minimum atomic E-state index is -3.66. The normalized spacial score (nSPS) is 14.3. The van der Waals surface area contributed by atoms with Gasteiger partial charge in [-0.3, -0.25) is 4.79 Å². The van der Waals surface area contributed by atoms with E-state index >= 15 is 0 Å². The van der Waals surface area contributed by atoms with Gasteiger partial charge in [0, 0.05) is 24.3 Å². The molecule has 0 aromatic heterocycles. The van der Waals surface area contributed by atoms with Gasteiger partial charge in [0.1, 0.15) is 0 Å². The van der Waals surface area contributed by atoms with Crippen molar-refractivity contribution in [3.05, 3.63) is 89.0 Å². The first kappa shape index (κ1) is 26.1. The van der Waals surface area contributed by atoms with Crippen molar-refractivity contribution in [2.75, 3.05) is 37.8 Å².